The van der Waals surface area contributed by atoms with Crippen molar-refractivity contribution in [2.75, 3.05) is 46.3 Å². The number of carbonyl (C=O) groups is 2. The van der Waals surface area contributed by atoms with Crippen LogP contribution in [0.4, 0.5) is 4.79 Å². The standard InChI is InChI=1S/C22H41N3O3/c1-6-7-12-25(21(27)28-22(2,3)4)17-20(26)24-15-10-19(11-16-24)18-8-13-23(5)14-9-18/h18-19H,6-17H2,1-5H3. The molecule has 28 heavy (non-hydrogen) atoms. The normalized spacial score (nSPS) is 20.2. The predicted molar refractivity (Wildman–Crippen MR) is 112 cm³/mol. The highest BCUT2D eigenvalue weighted by Crippen LogP contribution is 2.32. The fourth-order valence-corrected chi connectivity index (χ4v) is 4.29. The van der Waals surface area contributed by atoms with E-state index in [9.17, 15) is 9.59 Å². The lowest BCUT2D eigenvalue weighted by Gasteiger charge is -2.39. The molecular weight excluding hydrogens is 354 g/mol. The summed E-state index contributed by atoms with van der Waals surface area (Å²) in [5.41, 5.74) is -0.545. The fraction of sp³-hybridized carbons (Fsp3) is 0.909. The van der Waals surface area contributed by atoms with Gasteiger partial charge in [0, 0.05) is 19.6 Å². The number of hydrogen-bond donors (Lipinski definition) is 0. The maximum atomic E-state index is 12.8. The molecule has 6 nitrogen and oxygen atoms in total. The van der Waals surface area contributed by atoms with Crippen molar-refractivity contribution in [3.8, 4) is 0 Å². The molecule has 0 aromatic heterocycles. The van der Waals surface area contributed by atoms with Gasteiger partial charge in [-0.05, 0) is 84.8 Å². The lowest BCUT2D eigenvalue weighted by Crippen LogP contribution is -2.48. The molecule has 0 aromatic rings. The Kier molecular flexibility index (Phi) is 8.59. The summed E-state index contributed by atoms with van der Waals surface area (Å²) < 4.78 is 5.50. The van der Waals surface area contributed by atoms with Crippen molar-refractivity contribution in [1.82, 2.24) is 14.7 Å². The summed E-state index contributed by atoms with van der Waals surface area (Å²) in [5.74, 6) is 1.62. The minimum Gasteiger partial charge on any atom is -0.444 e. The third kappa shape index (κ3) is 7.26. The Morgan fingerprint density at radius 3 is 2.04 bits per heavy atom. The van der Waals surface area contributed by atoms with Crippen molar-refractivity contribution in [3.63, 3.8) is 0 Å². The second-order valence-electron chi connectivity index (χ2n) is 9.61. The molecule has 6 heteroatoms. The van der Waals surface area contributed by atoms with Crippen LogP contribution in [0.3, 0.4) is 0 Å². The average Bonchev–Trinajstić information content (AvgIpc) is 2.64. The van der Waals surface area contributed by atoms with E-state index in [1.54, 1.807) is 4.90 Å². The highest BCUT2D eigenvalue weighted by atomic mass is 16.6. The van der Waals surface area contributed by atoms with E-state index in [4.69, 9.17) is 4.74 Å². The van der Waals surface area contributed by atoms with E-state index in [0.717, 1.165) is 50.6 Å². The van der Waals surface area contributed by atoms with Crippen LogP contribution in [0.1, 0.15) is 66.2 Å². The molecule has 0 atom stereocenters. The lowest BCUT2D eigenvalue weighted by molar-refractivity contribution is -0.134. The zero-order valence-electron chi connectivity index (χ0n) is 18.7. The Balaban J connectivity index is 1.83. The summed E-state index contributed by atoms with van der Waals surface area (Å²) >= 11 is 0. The number of carbonyl (C=O) groups excluding carboxylic acids is 2. The van der Waals surface area contributed by atoms with Crippen LogP contribution in [-0.2, 0) is 9.53 Å². The zero-order valence-corrected chi connectivity index (χ0v) is 18.7. The smallest absolute Gasteiger partial charge is 0.410 e. The molecule has 2 rings (SSSR count). The minimum atomic E-state index is -0.545. The van der Waals surface area contributed by atoms with E-state index in [0.29, 0.717) is 6.54 Å². The van der Waals surface area contributed by atoms with Gasteiger partial charge >= 0.3 is 6.09 Å². The van der Waals surface area contributed by atoms with Crippen LogP contribution < -0.4 is 0 Å². The summed E-state index contributed by atoms with van der Waals surface area (Å²) in [6, 6.07) is 0. The molecule has 2 aliphatic heterocycles. The minimum absolute atomic E-state index is 0.0591. The number of piperidine rings is 2. The largest absolute Gasteiger partial charge is 0.444 e. The molecule has 2 saturated heterocycles. The summed E-state index contributed by atoms with van der Waals surface area (Å²) in [4.78, 5) is 31.3. The van der Waals surface area contributed by atoms with Gasteiger partial charge in [-0.1, -0.05) is 13.3 Å². The van der Waals surface area contributed by atoms with Crippen molar-refractivity contribution in [2.45, 2.75) is 71.8 Å². The van der Waals surface area contributed by atoms with Crippen LogP contribution in [-0.4, -0.2) is 78.6 Å². The van der Waals surface area contributed by atoms with E-state index in [-0.39, 0.29) is 18.5 Å². The summed E-state index contributed by atoms with van der Waals surface area (Å²) in [6.07, 6.45) is 6.26. The van der Waals surface area contributed by atoms with Gasteiger partial charge in [0.15, 0.2) is 0 Å². The van der Waals surface area contributed by atoms with Gasteiger partial charge < -0.3 is 14.5 Å². The van der Waals surface area contributed by atoms with Gasteiger partial charge in [0.05, 0.1) is 0 Å². The van der Waals surface area contributed by atoms with Crippen LogP contribution in [0.2, 0.25) is 0 Å². The molecule has 2 amide bonds. The Hall–Kier alpha value is -1.30. The van der Waals surface area contributed by atoms with Gasteiger partial charge in [0.2, 0.25) is 5.91 Å². The van der Waals surface area contributed by atoms with Crippen molar-refractivity contribution in [1.29, 1.82) is 0 Å². The molecule has 0 aromatic carbocycles. The van der Waals surface area contributed by atoms with Crippen molar-refractivity contribution < 1.29 is 14.3 Å². The van der Waals surface area contributed by atoms with Gasteiger partial charge in [-0.15, -0.1) is 0 Å². The van der Waals surface area contributed by atoms with Gasteiger partial charge in [-0.2, -0.15) is 0 Å². The monoisotopic (exact) mass is 395 g/mol. The first kappa shape index (κ1) is 23.0. The molecule has 0 spiro atoms. The van der Waals surface area contributed by atoms with E-state index < -0.39 is 5.60 Å². The molecule has 162 valence electrons. The Morgan fingerprint density at radius 1 is 1.00 bits per heavy atom. The Labute approximate surface area is 171 Å². The molecule has 0 N–H and O–H groups in total. The highest BCUT2D eigenvalue weighted by Gasteiger charge is 2.31. The zero-order chi connectivity index (χ0) is 20.7. The number of hydrogen-bond acceptors (Lipinski definition) is 4. The third-order valence-corrected chi connectivity index (χ3v) is 6.08. The molecule has 0 unspecified atom stereocenters. The average molecular weight is 396 g/mol. The van der Waals surface area contributed by atoms with Crippen molar-refractivity contribution in [2.24, 2.45) is 11.8 Å². The van der Waals surface area contributed by atoms with E-state index in [2.05, 4.69) is 18.9 Å². The third-order valence-electron chi connectivity index (χ3n) is 6.08. The van der Waals surface area contributed by atoms with Gasteiger partial charge in [0.25, 0.3) is 0 Å². The van der Waals surface area contributed by atoms with Crippen LogP contribution in [0.25, 0.3) is 0 Å². The molecule has 0 radical (unpaired) electrons. The first-order valence-electron chi connectivity index (χ1n) is 11.1. The Bertz CT molecular complexity index is 502. The van der Waals surface area contributed by atoms with Crippen LogP contribution >= 0.6 is 0 Å². The van der Waals surface area contributed by atoms with Gasteiger partial charge in [-0.3, -0.25) is 9.69 Å². The van der Waals surface area contributed by atoms with Gasteiger partial charge in [-0.25, -0.2) is 4.79 Å². The number of nitrogens with zero attached hydrogens (tertiary/aromatic N) is 3. The summed E-state index contributed by atoms with van der Waals surface area (Å²) in [7, 11) is 2.20. The van der Waals surface area contributed by atoms with Crippen LogP contribution in [0.15, 0.2) is 0 Å². The molecule has 0 saturated carbocycles. The summed E-state index contributed by atoms with van der Waals surface area (Å²) in [5, 5.41) is 0. The highest BCUT2D eigenvalue weighted by molar-refractivity contribution is 5.82. The molecule has 2 heterocycles. The number of rotatable bonds is 6. The molecular formula is C22H41N3O3. The number of likely N-dealkylation sites (tertiary alicyclic amines) is 2. The predicted octanol–water partition coefficient (Wildman–Crippen LogP) is 3.60. The molecule has 0 bridgehead atoms. The number of amides is 2. The number of ether oxygens (including phenoxy) is 1. The van der Waals surface area contributed by atoms with Crippen molar-refractivity contribution >= 4 is 12.0 Å². The second-order valence-corrected chi connectivity index (χ2v) is 9.61. The quantitative estimate of drug-likeness (QED) is 0.689. The van der Waals surface area contributed by atoms with Crippen LogP contribution in [0, 0.1) is 11.8 Å². The second kappa shape index (κ2) is 10.5. The summed E-state index contributed by atoms with van der Waals surface area (Å²) in [6.45, 7) is 12.4. The SMILES string of the molecule is CCCCN(CC(=O)N1CCC(C2CCN(C)CC2)CC1)C(=O)OC(C)(C)C. The maximum Gasteiger partial charge on any atom is 0.410 e. The van der Waals surface area contributed by atoms with Crippen LogP contribution in [0.5, 0.6) is 0 Å². The van der Waals surface area contributed by atoms with E-state index >= 15 is 0 Å². The fourth-order valence-electron chi connectivity index (χ4n) is 4.29. The molecule has 2 fully saturated rings. The van der Waals surface area contributed by atoms with E-state index in [1.807, 2.05) is 25.7 Å². The molecule has 0 aliphatic carbocycles. The Morgan fingerprint density at radius 2 is 1.54 bits per heavy atom. The lowest BCUT2D eigenvalue weighted by atomic mass is 9.79. The molecule has 2 aliphatic rings. The number of unbranched alkanes of at least 4 members (excludes halogenated alkanes) is 1. The maximum absolute atomic E-state index is 12.8. The van der Waals surface area contributed by atoms with Gasteiger partial charge in [0.1, 0.15) is 12.1 Å². The van der Waals surface area contributed by atoms with E-state index in [1.165, 1.54) is 25.9 Å². The topological polar surface area (TPSA) is 53.1 Å². The van der Waals surface area contributed by atoms with Crippen molar-refractivity contribution in [3.05, 3.63) is 0 Å². The first-order valence-corrected chi connectivity index (χ1v) is 11.1. The first-order chi connectivity index (χ1) is 13.2.